The summed E-state index contributed by atoms with van der Waals surface area (Å²) < 4.78 is 4.81. The third-order valence-electron chi connectivity index (χ3n) is 2.95. The maximum atomic E-state index is 11.7. The van der Waals surface area contributed by atoms with E-state index in [1.807, 2.05) is 6.07 Å². The van der Waals surface area contributed by atoms with Crippen LogP contribution in [0.25, 0.3) is 11.0 Å². The van der Waals surface area contributed by atoms with Gasteiger partial charge in [0.15, 0.2) is 5.16 Å². The Morgan fingerprint density at radius 3 is 3.04 bits per heavy atom. The van der Waals surface area contributed by atoms with Crippen LogP contribution in [0.5, 0.6) is 0 Å². The molecule has 0 aliphatic heterocycles. The molecular formula is C15H18ClN3O3S. The first kappa shape index (κ1) is 17.6. The molecule has 6 nitrogen and oxygen atoms in total. The Bertz CT molecular complexity index is 690. The van der Waals surface area contributed by atoms with Crippen LogP contribution in [0.1, 0.15) is 19.8 Å². The van der Waals surface area contributed by atoms with Crippen LogP contribution in [0.2, 0.25) is 5.02 Å². The van der Waals surface area contributed by atoms with Crippen molar-refractivity contribution >= 4 is 46.3 Å². The van der Waals surface area contributed by atoms with Crippen molar-refractivity contribution in [3.8, 4) is 0 Å². The number of aromatic amines is 1. The largest absolute Gasteiger partial charge is 0.466 e. The minimum absolute atomic E-state index is 0.0997. The number of nitrogens with zero attached hydrogens (tertiary/aromatic N) is 1. The van der Waals surface area contributed by atoms with Crippen LogP contribution in [-0.4, -0.2) is 40.7 Å². The monoisotopic (exact) mass is 355 g/mol. The highest BCUT2D eigenvalue weighted by Crippen LogP contribution is 2.21. The van der Waals surface area contributed by atoms with Crippen molar-refractivity contribution in [1.82, 2.24) is 15.3 Å². The molecule has 124 valence electrons. The second kappa shape index (κ2) is 8.79. The van der Waals surface area contributed by atoms with Crippen molar-refractivity contribution in [3.63, 3.8) is 0 Å². The van der Waals surface area contributed by atoms with E-state index in [4.69, 9.17) is 16.3 Å². The van der Waals surface area contributed by atoms with Crippen molar-refractivity contribution in [2.45, 2.75) is 24.9 Å². The first-order chi connectivity index (χ1) is 11.1. The van der Waals surface area contributed by atoms with E-state index in [1.165, 1.54) is 11.8 Å². The number of amides is 1. The lowest BCUT2D eigenvalue weighted by molar-refractivity contribution is -0.143. The fourth-order valence-corrected chi connectivity index (χ4v) is 2.79. The molecule has 0 fully saturated rings. The average molecular weight is 356 g/mol. The molecule has 0 aliphatic carbocycles. The first-order valence-corrected chi connectivity index (χ1v) is 8.65. The van der Waals surface area contributed by atoms with E-state index in [2.05, 4.69) is 15.3 Å². The number of carbonyl (C=O) groups excluding carboxylic acids is 2. The zero-order valence-electron chi connectivity index (χ0n) is 12.7. The Kier molecular flexibility index (Phi) is 6.73. The molecular weight excluding hydrogens is 338 g/mol. The maximum Gasteiger partial charge on any atom is 0.305 e. The van der Waals surface area contributed by atoms with Gasteiger partial charge >= 0.3 is 5.97 Å². The van der Waals surface area contributed by atoms with E-state index < -0.39 is 0 Å². The summed E-state index contributed by atoms with van der Waals surface area (Å²) in [6.07, 6.45) is 0.879. The van der Waals surface area contributed by atoms with Gasteiger partial charge in [0.2, 0.25) is 5.91 Å². The molecule has 0 saturated heterocycles. The van der Waals surface area contributed by atoms with Gasteiger partial charge in [0.05, 0.1) is 23.4 Å². The molecule has 0 bridgehead atoms. The predicted octanol–water partition coefficient (Wildman–Crippen LogP) is 2.77. The van der Waals surface area contributed by atoms with Crippen LogP contribution in [-0.2, 0) is 14.3 Å². The van der Waals surface area contributed by atoms with Crippen LogP contribution in [0.15, 0.2) is 23.4 Å². The highest BCUT2D eigenvalue weighted by molar-refractivity contribution is 7.99. The van der Waals surface area contributed by atoms with Gasteiger partial charge in [-0.3, -0.25) is 9.59 Å². The number of carbonyl (C=O) groups is 2. The highest BCUT2D eigenvalue weighted by atomic mass is 35.5. The average Bonchev–Trinajstić information content (AvgIpc) is 2.92. The third-order valence-corrected chi connectivity index (χ3v) is 4.06. The van der Waals surface area contributed by atoms with Gasteiger partial charge in [0, 0.05) is 18.0 Å². The molecule has 2 rings (SSSR count). The standard InChI is InChI=1S/C15H18ClN3O3S/c1-2-22-14(21)4-3-7-17-13(20)9-23-15-18-11-6-5-10(16)8-12(11)19-15/h5-6,8H,2-4,7,9H2,1H3,(H,17,20)(H,18,19). The molecule has 1 heterocycles. The summed E-state index contributed by atoms with van der Waals surface area (Å²) in [4.78, 5) is 30.4. The Labute approximate surface area is 143 Å². The van der Waals surface area contributed by atoms with Crippen LogP contribution in [0, 0.1) is 0 Å². The zero-order valence-corrected chi connectivity index (χ0v) is 14.3. The van der Waals surface area contributed by atoms with Gasteiger partial charge in [-0.15, -0.1) is 0 Å². The highest BCUT2D eigenvalue weighted by Gasteiger charge is 2.08. The van der Waals surface area contributed by atoms with E-state index in [9.17, 15) is 9.59 Å². The molecule has 0 atom stereocenters. The lowest BCUT2D eigenvalue weighted by atomic mass is 10.3. The van der Waals surface area contributed by atoms with E-state index in [0.717, 1.165) is 11.0 Å². The Morgan fingerprint density at radius 1 is 1.43 bits per heavy atom. The van der Waals surface area contributed by atoms with Crippen molar-refractivity contribution in [2.75, 3.05) is 18.9 Å². The van der Waals surface area contributed by atoms with Crippen LogP contribution >= 0.6 is 23.4 Å². The Morgan fingerprint density at radius 2 is 2.26 bits per heavy atom. The number of fused-ring (bicyclic) bond motifs is 1. The van der Waals surface area contributed by atoms with E-state index in [-0.39, 0.29) is 17.6 Å². The van der Waals surface area contributed by atoms with E-state index >= 15 is 0 Å². The normalized spacial score (nSPS) is 10.7. The Balaban J connectivity index is 1.70. The molecule has 1 aromatic carbocycles. The van der Waals surface area contributed by atoms with E-state index in [1.54, 1.807) is 19.1 Å². The molecule has 1 aromatic heterocycles. The smallest absolute Gasteiger partial charge is 0.305 e. The summed E-state index contributed by atoms with van der Waals surface area (Å²) in [6.45, 7) is 2.60. The SMILES string of the molecule is CCOC(=O)CCCNC(=O)CSc1nc2ccc(Cl)cc2[nH]1. The summed E-state index contributed by atoms with van der Waals surface area (Å²) in [5, 5.41) is 4.07. The quantitative estimate of drug-likeness (QED) is 0.432. The number of hydrogen-bond acceptors (Lipinski definition) is 5. The molecule has 0 spiro atoms. The lowest BCUT2D eigenvalue weighted by Gasteiger charge is -2.04. The zero-order chi connectivity index (χ0) is 16.7. The van der Waals surface area contributed by atoms with Gasteiger partial charge < -0.3 is 15.0 Å². The summed E-state index contributed by atoms with van der Waals surface area (Å²) in [5.41, 5.74) is 1.65. The fourth-order valence-electron chi connectivity index (χ4n) is 1.91. The number of nitrogens with one attached hydrogen (secondary N) is 2. The number of esters is 1. The molecule has 8 heteroatoms. The maximum absolute atomic E-state index is 11.7. The number of ether oxygens (including phenoxy) is 1. The molecule has 2 aromatic rings. The number of aromatic nitrogens is 2. The summed E-state index contributed by atoms with van der Waals surface area (Å²) in [6, 6.07) is 5.40. The second-order valence-corrected chi connectivity index (χ2v) is 6.15. The van der Waals surface area contributed by atoms with Gasteiger partial charge in [0.25, 0.3) is 0 Å². The fraction of sp³-hybridized carbons (Fsp3) is 0.400. The number of H-pyrrole nitrogens is 1. The summed E-state index contributed by atoms with van der Waals surface area (Å²) in [5.74, 6) is -0.0816. The van der Waals surface area contributed by atoms with Crippen molar-refractivity contribution < 1.29 is 14.3 Å². The minimum atomic E-state index is -0.239. The molecule has 0 saturated carbocycles. The van der Waals surface area contributed by atoms with Gasteiger partial charge in [-0.05, 0) is 31.5 Å². The molecule has 0 unspecified atom stereocenters. The lowest BCUT2D eigenvalue weighted by Crippen LogP contribution is -2.26. The van der Waals surface area contributed by atoms with Crippen molar-refractivity contribution in [3.05, 3.63) is 23.2 Å². The molecule has 23 heavy (non-hydrogen) atoms. The van der Waals surface area contributed by atoms with E-state index in [0.29, 0.717) is 36.2 Å². The summed E-state index contributed by atoms with van der Waals surface area (Å²) >= 11 is 7.24. The summed E-state index contributed by atoms with van der Waals surface area (Å²) in [7, 11) is 0. The Hall–Kier alpha value is -1.73. The number of imidazole rings is 1. The van der Waals surface area contributed by atoms with Crippen molar-refractivity contribution in [2.24, 2.45) is 0 Å². The van der Waals surface area contributed by atoms with Crippen molar-refractivity contribution in [1.29, 1.82) is 0 Å². The van der Waals surface area contributed by atoms with Crippen LogP contribution < -0.4 is 5.32 Å². The predicted molar refractivity (Wildman–Crippen MR) is 90.7 cm³/mol. The number of thioether (sulfide) groups is 1. The molecule has 2 N–H and O–H groups in total. The minimum Gasteiger partial charge on any atom is -0.466 e. The van der Waals surface area contributed by atoms with Crippen LogP contribution in [0.4, 0.5) is 0 Å². The number of hydrogen-bond donors (Lipinski definition) is 2. The molecule has 0 aliphatic rings. The van der Waals surface area contributed by atoms with Crippen LogP contribution in [0.3, 0.4) is 0 Å². The first-order valence-electron chi connectivity index (χ1n) is 7.29. The molecule has 0 radical (unpaired) electrons. The second-order valence-electron chi connectivity index (χ2n) is 4.75. The third kappa shape index (κ3) is 5.76. The number of rotatable bonds is 8. The topological polar surface area (TPSA) is 84.1 Å². The van der Waals surface area contributed by atoms with Gasteiger partial charge in [-0.2, -0.15) is 0 Å². The van der Waals surface area contributed by atoms with Gasteiger partial charge in [0.1, 0.15) is 0 Å². The van der Waals surface area contributed by atoms with Gasteiger partial charge in [-0.1, -0.05) is 23.4 Å². The van der Waals surface area contributed by atoms with Gasteiger partial charge in [-0.25, -0.2) is 4.98 Å². The number of halogens is 1. The number of benzene rings is 1. The molecule has 1 amide bonds.